The van der Waals surface area contributed by atoms with Gasteiger partial charge >= 0.3 is 0 Å². The monoisotopic (exact) mass is 190 g/mol. The van der Waals surface area contributed by atoms with Gasteiger partial charge in [-0.2, -0.15) is 0 Å². The molecule has 0 aliphatic carbocycles. The highest BCUT2D eigenvalue weighted by Crippen LogP contribution is 2.16. The quantitative estimate of drug-likeness (QED) is 0.768. The van der Waals surface area contributed by atoms with Crippen LogP contribution in [-0.4, -0.2) is 10.9 Å². The minimum atomic E-state index is 0.00333. The standard InChI is InChI=1S/C11H14N2O/c1-7(2)3-9-4-8-5-13-11(14)10(8)6-12-9/h4,6-7H,3,5H2,1-2H3,(H,13,14). The van der Waals surface area contributed by atoms with Crippen LogP contribution in [-0.2, 0) is 13.0 Å². The summed E-state index contributed by atoms with van der Waals surface area (Å²) in [5, 5.41) is 2.79. The van der Waals surface area contributed by atoms with Crippen molar-refractivity contribution in [1.82, 2.24) is 10.3 Å². The lowest BCUT2D eigenvalue weighted by molar-refractivity contribution is 0.0965. The van der Waals surface area contributed by atoms with Crippen LogP contribution in [0.4, 0.5) is 0 Å². The lowest BCUT2D eigenvalue weighted by Gasteiger charge is -2.04. The van der Waals surface area contributed by atoms with Gasteiger partial charge in [-0.3, -0.25) is 9.78 Å². The van der Waals surface area contributed by atoms with Gasteiger partial charge in [0.1, 0.15) is 0 Å². The number of amides is 1. The first-order valence-electron chi connectivity index (χ1n) is 4.93. The van der Waals surface area contributed by atoms with E-state index in [2.05, 4.69) is 24.1 Å². The molecule has 3 nitrogen and oxygen atoms in total. The minimum absolute atomic E-state index is 0.00333. The van der Waals surface area contributed by atoms with E-state index < -0.39 is 0 Å². The van der Waals surface area contributed by atoms with Gasteiger partial charge in [-0.1, -0.05) is 13.8 Å². The molecule has 0 spiro atoms. The van der Waals surface area contributed by atoms with Gasteiger partial charge in [0, 0.05) is 18.4 Å². The maximum absolute atomic E-state index is 11.2. The lowest BCUT2D eigenvalue weighted by Crippen LogP contribution is -2.12. The Morgan fingerprint density at radius 3 is 3.07 bits per heavy atom. The van der Waals surface area contributed by atoms with E-state index in [4.69, 9.17) is 0 Å². The molecule has 1 aromatic rings. The Morgan fingerprint density at radius 1 is 1.57 bits per heavy atom. The molecular formula is C11H14N2O. The predicted molar refractivity (Wildman–Crippen MR) is 53.9 cm³/mol. The zero-order valence-corrected chi connectivity index (χ0v) is 8.50. The van der Waals surface area contributed by atoms with E-state index in [1.54, 1.807) is 6.20 Å². The summed E-state index contributed by atoms with van der Waals surface area (Å²) in [4.78, 5) is 15.5. The fourth-order valence-corrected chi connectivity index (χ4v) is 1.70. The number of pyridine rings is 1. The van der Waals surface area contributed by atoms with Crippen molar-refractivity contribution in [2.24, 2.45) is 5.92 Å². The number of nitrogens with zero attached hydrogens (tertiary/aromatic N) is 1. The van der Waals surface area contributed by atoms with Crippen molar-refractivity contribution in [3.63, 3.8) is 0 Å². The van der Waals surface area contributed by atoms with Crippen molar-refractivity contribution in [2.45, 2.75) is 26.8 Å². The number of nitrogens with one attached hydrogen (secondary N) is 1. The van der Waals surface area contributed by atoms with Gasteiger partial charge < -0.3 is 5.32 Å². The SMILES string of the molecule is CC(C)Cc1cc2c(cn1)C(=O)NC2. The molecule has 3 heteroatoms. The fraction of sp³-hybridized carbons (Fsp3) is 0.455. The number of carbonyl (C=O) groups is 1. The molecule has 1 aliphatic heterocycles. The van der Waals surface area contributed by atoms with E-state index in [1.165, 1.54) is 0 Å². The van der Waals surface area contributed by atoms with Crippen molar-refractivity contribution < 1.29 is 4.79 Å². The largest absolute Gasteiger partial charge is 0.348 e. The van der Waals surface area contributed by atoms with E-state index in [-0.39, 0.29) is 5.91 Å². The molecule has 1 aliphatic rings. The molecule has 1 aromatic heterocycles. The highest BCUT2D eigenvalue weighted by atomic mass is 16.1. The zero-order valence-electron chi connectivity index (χ0n) is 8.50. The summed E-state index contributed by atoms with van der Waals surface area (Å²) in [6, 6.07) is 2.03. The molecule has 1 N–H and O–H groups in total. The van der Waals surface area contributed by atoms with E-state index in [9.17, 15) is 4.79 Å². The third-order valence-corrected chi connectivity index (χ3v) is 2.35. The van der Waals surface area contributed by atoms with Gasteiger partial charge in [0.05, 0.1) is 5.56 Å². The molecule has 0 atom stereocenters. The minimum Gasteiger partial charge on any atom is -0.348 e. The third kappa shape index (κ3) is 1.62. The summed E-state index contributed by atoms with van der Waals surface area (Å²) in [5.41, 5.74) is 2.90. The van der Waals surface area contributed by atoms with E-state index >= 15 is 0 Å². The summed E-state index contributed by atoms with van der Waals surface area (Å²) in [5.74, 6) is 0.606. The van der Waals surface area contributed by atoms with E-state index in [0.29, 0.717) is 12.5 Å². The normalized spacial score (nSPS) is 14.4. The number of rotatable bonds is 2. The van der Waals surface area contributed by atoms with Crippen LogP contribution in [0.5, 0.6) is 0 Å². The zero-order chi connectivity index (χ0) is 10.1. The Balaban J connectivity index is 2.28. The van der Waals surface area contributed by atoms with Crippen molar-refractivity contribution in [3.8, 4) is 0 Å². The molecule has 0 unspecified atom stereocenters. The summed E-state index contributed by atoms with van der Waals surface area (Å²) in [7, 11) is 0. The average molecular weight is 190 g/mol. The van der Waals surface area contributed by atoms with Crippen molar-refractivity contribution in [3.05, 3.63) is 29.1 Å². The van der Waals surface area contributed by atoms with Crippen LogP contribution in [0.3, 0.4) is 0 Å². The summed E-state index contributed by atoms with van der Waals surface area (Å²) in [6.45, 7) is 4.98. The molecule has 2 heterocycles. The van der Waals surface area contributed by atoms with Gasteiger partial charge in [-0.15, -0.1) is 0 Å². The first-order valence-corrected chi connectivity index (χ1v) is 4.93. The molecule has 74 valence electrons. The van der Waals surface area contributed by atoms with E-state index in [0.717, 1.165) is 23.2 Å². The highest BCUT2D eigenvalue weighted by Gasteiger charge is 2.19. The van der Waals surface area contributed by atoms with Crippen LogP contribution in [0.25, 0.3) is 0 Å². The van der Waals surface area contributed by atoms with Crippen LogP contribution < -0.4 is 5.32 Å². The molecule has 0 saturated carbocycles. The molecule has 0 fully saturated rings. The second kappa shape index (κ2) is 3.40. The Hall–Kier alpha value is -1.38. The Bertz CT molecular complexity index is 372. The van der Waals surface area contributed by atoms with Gasteiger partial charge in [0.25, 0.3) is 5.91 Å². The summed E-state index contributed by atoms with van der Waals surface area (Å²) < 4.78 is 0. The second-order valence-corrected chi connectivity index (χ2v) is 4.11. The van der Waals surface area contributed by atoms with Crippen LogP contribution in [0, 0.1) is 5.92 Å². The topological polar surface area (TPSA) is 42.0 Å². The van der Waals surface area contributed by atoms with E-state index in [1.807, 2.05) is 6.07 Å². The number of aromatic nitrogens is 1. The number of fused-ring (bicyclic) bond motifs is 1. The van der Waals surface area contributed by atoms with Gasteiger partial charge in [-0.25, -0.2) is 0 Å². The van der Waals surface area contributed by atoms with Gasteiger partial charge in [0.15, 0.2) is 0 Å². The predicted octanol–water partition coefficient (Wildman–Crippen LogP) is 1.52. The fourth-order valence-electron chi connectivity index (χ4n) is 1.70. The summed E-state index contributed by atoms with van der Waals surface area (Å²) >= 11 is 0. The number of carbonyl (C=O) groups excluding carboxylic acids is 1. The number of hydrogen-bond donors (Lipinski definition) is 1. The lowest BCUT2D eigenvalue weighted by atomic mass is 10.0. The molecule has 2 rings (SSSR count). The number of hydrogen-bond acceptors (Lipinski definition) is 2. The maximum Gasteiger partial charge on any atom is 0.253 e. The van der Waals surface area contributed by atoms with Crippen LogP contribution >= 0.6 is 0 Å². The Labute approximate surface area is 83.5 Å². The van der Waals surface area contributed by atoms with Gasteiger partial charge in [0.2, 0.25) is 0 Å². The molecular weight excluding hydrogens is 176 g/mol. The van der Waals surface area contributed by atoms with Gasteiger partial charge in [-0.05, 0) is 24.0 Å². The smallest absolute Gasteiger partial charge is 0.253 e. The first kappa shape index (κ1) is 9.19. The third-order valence-electron chi connectivity index (χ3n) is 2.35. The molecule has 14 heavy (non-hydrogen) atoms. The molecule has 0 saturated heterocycles. The van der Waals surface area contributed by atoms with Crippen molar-refractivity contribution in [1.29, 1.82) is 0 Å². The van der Waals surface area contributed by atoms with Crippen molar-refractivity contribution >= 4 is 5.91 Å². The maximum atomic E-state index is 11.2. The first-order chi connectivity index (χ1) is 6.66. The molecule has 0 bridgehead atoms. The van der Waals surface area contributed by atoms with Crippen LogP contribution in [0.15, 0.2) is 12.3 Å². The Kier molecular flexibility index (Phi) is 2.23. The van der Waals surface area contributed by atoms with Crippen LogP contribution in [0.2, 0.25) is 0 Å². The highest BCUT2D eigenvalue weighted by molar-refractivity contribution is 5.97. The van der Waals surface area contributed by atoms with Crippen molar-refractivity contribution in [2.75, 3.05) is 0 Å². The molecule has 0 aromatic carbocycles. The second-order valence-electron chi connectivity index (χ2n) is 4.11. The molecule has 0 radical (unpaired) electrons. The average Bonchev–Trinajstić information content (AvgIpc) is 2.46. The Morgan fingerprint density at radius 2 is 2.36 bits per heavy atom. The molecule has 1 amide bonds. The summed E-state index contributed by atoms with van der Waals surface area (Å²) in [6.07, 6.45) is 2.66. The van der Waals surface area contributed by atoms with Crippen LogP contribution in [0.1, 0.15) is 35.5 Å².